The van der Waals surface area contributed by atoms with Crippen molar-refractivity contribution in [2.45, 2.75) is 13.8 Å². The summed E-state index contributed by atoms with van der Waals surface area (Å²) < 4.78 is 27.3. The van der Waals surface area contributed by atoms with Crippen LogP contribution in [0.3, 0.4) is 0 Å². The van der Waals surface area contributed by atoms with E-state index in [1.807, 2.05) is 19.1 Å². The Hall–Kier alpha value is -2.64. The van der Waals surface area contributed by atoms with Gasteiger partial charge in [-0.1, -0.05) is 41.4 Å². The number of hydrogen-bond acceptors (Lipinski definition) is 4. The molecule has 1 aliphatic heterocycles. The summed E-state index contributed by atoms with van der Waals surface area (Å²) in [6, 6.07) is 13.9. The van der Waals surface area contributed by atoms with Gasteiger partial charge in [-0.05, 0) is 43.7 Å². The number of carbonyl (C=O) groups is 1. The molecule has 0 bridgehead atoms. The molecule has 1 heterocycles. The summed E-state index contributed by atoms with van der Waals surface area (Å²) in [5, 5.41) is 3.24. The number of benzene rings is 2. The smallest absolute Gasteiger partial charge is 0.264 e. The molecule has 1 amide bonds. The molecule has 2 N–H and O–H groups in total. The molecular formula is C19H18ClN3O3S. The largest absolute Gasteiger partial charge is 0.324 e. The van der Waals surface area contributed by atoms with E-state index < -0.39 is 10.0 Å². The van der Waals surface area contributed by atoms with E-state index in [1.54, 1.807) is 43.3 Å². The van der Waals surface area contributed by atoms with Crippen LogP contribution >= 0.6 is 11.6 Å². The molecule has 2 aromatic rings. The highest BCUT2D eigenvalue weighted by molar-refractivity contribution is 8.00. The average molecular weight is 404 g/mol. The quantitative estimate of drug-likeness (QED) is 0.820. The van der Waals surface area contributed by atoms with Gasteiger partial charge in [0.1, 0.15) is 17.3 Å². The van der Waals surface area contributed by atoms with Crippen molar-refractivity contribution in [3.63, 3.8) is 0 Å². The number of amidine groups is 1. The zero-order chi connectivity index (χ0) is 19.6. The van der Waals surface area contributed by atoms with E-state index >= 15 is 0 Å². The molecule has 0 atom stereocenters. The molecule has 0 saturated carbocycles. The number of nitrogens with zero attached hydrogens (tertiary/aromatic N) is 1. The van der Waals surface area contributed by atoms with Crippen LogP contribution in [0.4, 0.5) is 5.69 Å². The minimum absolute atomic E-state index is 0.136. The normalized spacial score (nSPS) is 17.1. The van der Waals surface area contributed by atoms with Crippen molar-refractivity contribution in [2.24, 2.45) is 4.99 Å². The van der Waals surface area contributed by atoms with E-state index in [0.29, 0.717) is 21.8 Å². The number of sulfonamides is 1. The summed E-state index contributed by atoms with van der Waals surface area (Å²) in [5.41, 5.74) is 2.72. The summed E-state index contributed by atoms with van der Waals surface area (Å²) >= 11 is 5.86. The highest BCUT2D eigenvalue weighted by atomic mass is 35.5. The lowest BCUT2D eigenvalue weighted by Crippen LogP contribution is -2.25. The van der Waals surface area contributed by atoms with Gasteiger partial charge in [0, 0.05) is 16.3 Å². The van der Waals surface area contributed by atoms with Gasteiger partial charge in [-0.15, -0.1) is 0 Å². The van der Waals surface area contributed by atoms with Gasteiger partial charge in [0.05, 0.1) is 0 Å². The van der Waals surface area contributed by atoms with E-state index in [0.717, 1.165) is 5.56 Å². The third-order valence-electron chi connectivity index (χ3n) is 4.02. The molecule has 140 valence electrons. The molecule has 27 heavy (non-hydrogen) atoms. The lowest BCUT2D eigenvalue weighted by molar-refractivity contribution is -0.114. The minimum Gasteiger partial charge on any atom is -0.324 e. The maximum atomic E-state index is 12.5. The second-order valence-corrected chi connectivity index (χ2v) is 8.20. The van der Waals surface area contributed by atoms with Crippen molar-refractivity contribution in [3.05, 3.63) is 70.3 Å². The average Bonchev–Trinajstić information content (AvgIpc) is 2.85. The molecular weight excluding hydrogens is 386 g/mol. The van der Waals surface area contributed by atoms with Crippen LogP contribution in [-0.4, -0.2) is 26.7 Å². The second-order valence-electron chi connectivity index (χ2n) is 6.15. The third kappa shape index (κ3) is 4.37. The molecule has 8 heteroatoms. The van der Waals surface area contributed by atoms with Gasteiger partial charge < -0.3 is 5.32 Å². The van der Waals surface area contributed by atoms with Gasteiger partial charge in [-0.3, -0.25) is 14.5 Å². The molecule has 0 spiro atoms. The first kappa shape index (κ1) is 19.1. The van der Waals surface area contributed by atoms with Gasteiger partial charge in [0.25, 0.3) is 10.0 Å². The molecule has 0 fully saturated rings. The van der Waals surface area contributed by atoms with Gasteiger partial charge in [0.2, 0.25) is 5.91 Å². The van der Waals surface area contributed by atoms with Gasteiger partial charge >= 0.3 is 0 Å². The number of anilines is 1. The summed E-state index contributed by atoms with van der Waals surface area (Å²) in [6.45, 7) is 3.41. The number of hydrogen-bond donors (Lipinski definition) is 2. The fourth-order valence-electron chi connectivity index (χ4n) is 2.68. The number of aliphatic imine (C=N–C) groups is 1. The molecule has 0 aliphatic carbocycles. The minimum atomic E-state index is -3.74. The van der Waals surface area contributed by atoms with Crippen LogP contribution in [0.15, 0.2) is 59.1 Å². The van der Waals surface area contributed by atoms with E-state index in [-0.39, 0.29) is 23.2 Å². The standard InChI is InChI=1S/C19H18ClN3O3S/c1-12-3-9-16(10-4-12)22-17(24)11-21-19-13(2)18(27(25,26)23-19)14-5-7-15(20)8-6-14/h3-10H,11H2,1-2H3,(H,21,23)(H,22,24). The van der Waals surface area contributed by atoms with Crippen LogP contribution in [0, 0.1) is 6.92 Å². The molecule has 6 nitrogen and oxygen atoms in total. The van der Waals surface area contributed by atoms with Crippen LogP contribution in [0.1, 0.15) is 18.1 Å². The first-order valence-corrected chi connectivity index (χ1v) is 10.0. The Balaban J connectivity index is 1.79. The number of nitrogens with one attached hydrogen (secondary N) is 2. The van der Waals surface area contributed by atoms with Crippen molar-refractivity contribution in [1.29, 1.82) is 0 Å². The summed E-state index contributed by atoms with van der Waals surface area (Å²) in [7, 11) is -3.74. The summed E-state index contributed by atoms with van der Waals surface area (Å²) in [6.07, 6.45) is 0. The zero-order valence-electron chi connectivity index (χ0n) is 14.8. The molecule has 0 aromatic heterocycles. The number of amides is 1. The highest BCUT2D eigenvalue weighted by Crippen LogP contribution is 2.30. The topological polar surface area (TPSA) is 87.6 Å². The van der Waals surface area contributed by atoms with Gasteiger partial charge in [-0.25, -0.2) is 8.42 Å². The Labute approximate surface area is 163 Å². The second kappa shape index (κ2) is 7.54. The van der Waals surface area contributed by atoms with Gasteiger partial charge in [0.15, 0.2) is 0 Å². The zero-order valence-corrected chi connectivity index (χ0v) is 16.4. The Bertz CT molecular complexity index is 1040. The van der Waals surface area contributed by atoms with E-state index in [2.05, 4.69) is 15.0 Å². The lowest BCUT2D eigenvalue weighted by Gasteiger charge is -2.04. The van der Waals surface area contributed by atoms with Crippen molar-refractivity contribution < 1.29 is 13.2 Å². The summed E-state index contributed by atoms with van der Waals surface area (Å²) in [4.78, 5) is 16.4. The maximum absolute atomic E-state index is 12.5. The fourth-order valence-corrected chi connectivity index (χ4v) is 4.32. The van der Waals surface area contributed by atoms with Crippen LogP contribution < -0.4 is 10.0 Å². The van der Waals surface area contributed by atoms with Crippen molar-refractivity contribution in [2.75, 3.05) is 11.9 Å². The summed E-state index contributed by atoms with van der Waals surface area (Å²) in [5.74, 6) is -0.169. The lowest BCUT2D eigenvalue weighted by atomic mass is 10.1. The molecule has 0 unspecified atom stereocenters. The van der Waals surface area contributed by atoms with Crippen molar-refractivity contribution in [3.8, 4) is 0 Å². The van der Waals surface area contributed by atoms with E-state index in [1.165, 1.54) is 0 Å². The van der Waals surface area contributed by atoms with Crippen molar-refractivity contribution >= 4 is 44.0 Å². The van der Waals surface area contributed by atoms with Gasteiger partial charge in [-0.2, -0.15) is 0 Å². The molecule has 2 aromatic carbocycles. The number of carbonyl (C=O) groups excluding carboxylic acids is 1. The number of rotatable bonds is 4. The fraction of sp³-hybridized carbons (Fsp3) is 0.158. The predicted octanol–water partition coefficient (Wildman–Crippen LogP) is 3.35. The van der Waals surface area contributed by atoms with Crippen molar-refractivity contribution in [1.82, 2.24) is 4.72 Å². The predicted molar refractivity (Wildman–Crippen MR) is 108 cm³/mol. The van der Waals surface area contributed by atoms with Crippen LogP contribution in [0.25, 0.3) is 4.91 Å². The third-order valence-corrected chi connectivity index (χ3v) is 5.81. The Morgan fingerprint density at radius 2 is 1.70 bits per heavy atom. The number of halogens is 1. The monoisotopic (exact) mass is 403 g/mol. The van der Waals surface area contributed by atoms with E-state index in [4.69, 9.17) is 11.6 Å². The molecule has 3 rings (SSSR count). The SMILES string of the molecule is CC1=C(c2ccc(Cl)cc2)S(=O)(=O)NC1=NCC(=O)Nc1ccc(C)cc1. The number of aryl methyl sites for hydroxylation is 1. The van der Waals surface area contributed by atoms with Crippen LogP contribution in [-0.2, 0) is 14.8 Å². The molecule has 0 saturated heterocycles. The van der Waals surface area contributed by atoms with Crippen LogP contribution in [0.5, 0.6) is 0 Å². The van der Waals surface area contributed by atoms with Crippen LogP contribution in [0.2, 0.25) is 5.02 Å². The Morgan fingerprint density at radius 3 is 2.33 bits per heavy atom. The molecule has 1 aliphatic rings. The first-order chi connectivity index (χ1) is 12.8. The molecule has 0 radical (unpaired) electrons. The maximum Gasteiger partial charge on any atom is 0.264 e. The highest BCUT2D eigenvalue weighted by Gasteiger charge is 2.32. The first-order valence-electron chi connectivity index (χ1n) is 8.17. The van der Waals surface area contributed by atoms with E-state index in [9.17, 15) is 13.2 Å². The Kier molecular flexibility index (Phi) is 5.34. The Morgan fingerprint density at radius 1 is 1.07 bits per heavy atom.